The van der Waals surface area contributed by atoms with E-state index in [1.165, 1.54) is 4.70 Å². The number of aromatic nitrogens is 4. The third-order valence-corrected chi connectivity index (χ3v) is 6.47. The van der Waals surface area contributed by atoms with Crippen molar-refractivity contribution < 1.29 is 0 Å². The van der Waals surface area contributed by atoms with Crippen molar-refractivity contribution in [3.63, 3.8) is 0 Å². The zero-order valence-corrected chi connectivity index (χ0v) is 15.6. The van der Waals surface area contributed by atoms with Gasteiger partial charge in [0.05, 0.1) is 15.8 Å². The lowest BCUT2D eigenvalue weighted by Crippen LogP contribution is -2.46. The van der Waals surface area contributed by atoms with E-state index in [9.17, 15) is 0 Å². The maximum absolute atomic E-state index is 4.71. The van der Waals surface area contributed by atoms with Crippen LogP contribution in [0.15, 0.2) is 48.1 Å². The van der Waals surface area contributed by atoms with Crippen molar-refractivity contribution in [1.82, 2.24) is 20.2 Å². The lowest BCUT2D eigenvalue weighted by atomic mass is 10.3. The molecule has 0 N–H and O–H groups in total. The van der Waals surface area contributed by atoms with Gasteiger partial charge in [0.15, 0.2) is 10.9 Å². The second-order valence-corrected chi connectivity index (χ2v) is 8.02. The molecule has 1 fully saturated rings. The summed E-state index contributed by atoms with van der Waals surface area (Å²) >= 11 is 3.41. The Labute approximate surface area is 158 Å². The van der Waals surface area contributed by atoms with Crippen LogP contribution in [-0.2, 0) is 0 Å². The molecule has 1 aliphatic heterocycles. The van der Waals surface area contributed by atoms with Crippen LogP contribution in [0.4, 0.5) is 10.9 Å². The van der Waals surface area contributed by atoms with E-state index in [1.54, 1.807) is 22.7 Å². The molecule has 5 heterocycles. The third-order valence-electron chi connectivity index (χ3n) is 4.48. The van der Waals surface area contributed by atoms with E-state index < -0.39 is 0 Å². The average Bonchev–Trinajstić information content (AvgIpc) is 3.38. The quantitative estimate of drug-likeness (QED) is 0.542. The van der Waals surface area contributed by atoms with Crippen LogP contribution in [-0.4, -0.2) is 46.3 Å². The largest absolute Gasteiger partial charge is 0.352 e. The Morgan fingerprint density at radius 2 is 1.81 bits per heavy atom. The normalized spacial score (nSPS) is 14.9. The smallest absolute Gasteiger partial charge is 0.186 e. The third kappa shape index (κ3) is 2.91. The van der Waals surface area contributed by atoms with Crippen LogP contribution >= 0.6 is 22.7 Å². The number of anilines is 2. The minimum atomic E-state index is 0.918. The van der Waals surface area contributed by atoms with E-state index >= 15 is 0 Å². The summed E-state index contributed by atoms with van der Waals surface area (Å²) in [5, 5.41) is 12.0. The second-order valence-electron chi connectivity index (χ2n) is 6.07. The van der Waals surface area contributed by atoms with Crippen molar-refractivity contribution in [3.05, 3.63) is 48.1 Å². The SMILES string of the molecule is c1csc(-c2ccc(N3CCN(c4nc5cnccc5s4)CC3)nn2)c1. The van der Waals surface area contributed by atoms with E-state index in [-0.39, 0.29) is 0 Å². The lowest BCUT2D eigenvalue weighted by Gasteiger charge is -2.34. The molecule has 1 aliphatic rings. The maximum Gasteiger partial charge on any atom is 0.186 e. The molecule has 0 unspecified atom stereocenters. The highest BCUT2D eigenvalue weighted by Gasteiger charge is 2.21. The number of piperazine rings is 1. The first kappa shape index (κ1) is 15.7. The standard InChI is InChI=1S/C18H16N6S2/c1-2-15(25-11-1)13-3-4-17(22-21-13)23-7-9-24(10-8-23)18-20-14-12-19-6-5-16(14)26-18/h1-6,11-12H,7-10H2. The van der Waals surface area contributed by atoms with Gasteiger partial charge in [0, 0.05) is 32.4 Å². The van der Waals surface area contributed by atoms with Gasteiger partial charge in [-0.1, -0.05) is 17.4 Å². The van der Waals surface area contributed by atoms with Crippen molar-refractivity contribution >= 4 is 43.8 Å². The molecule has 130 valence electrons. The zero-order chi connectivity index (χ0) is 17.3. The van der Waals surface area contributed by atoms with E-state index in [4.69, 9.17) is 4.98 Å². The van der Waals surface area contributed by atoms with Gasteiger partial charge in [0.25, 0.3) is 0 Å². The summed E-state index contributed by atoms with van der Waals surface area (Å²) in [6, 6.07) is 10.3. The first-order valence-electron chi connectivity index (χ1n) is 8.45. The Balaban J connectivity index is 1.28. The van der Waals surface area contributed by atoms with Crippen molar-refractivity contribution in [2.45, 2.75) is 0 Å². The van der Waals surface area contributed by atoms with Crippen molar-refractivity contribution in [2.75, 3.05) is 36.0 Å². The van der Waals surface area contributed by atoms with Gasteiger partial charge in [0.1, 0.15) is 11.2 Å². The van der Waals surface area contributed by atoms with Crippen molar-refractivity contribution in [1.29, 1.82) is 0 Å². The van der Waals surface area contributed by atoms with Gasteiger partial charge in [-0.2, -0.15) is 0 Å². The van der Waals surface area contributed by atoms with Gasteiger partial charge in [-0.3, -0.25) is 4.98 Å². The van der Waals surface area contributed by atoms with Crippen molar-refractivity contribution in [3.8, 4) is 10.6 Å². The molecule has 8 heteroatoms. The summed E-state index contributed by atoms with van der Waals surface area (Å²) in [5.41, 5.74) is 1.91. The fourth-order valence-electron chi connectivity index (χ4n) is 3.08. The van der Waals surface area contributed by atoms with Gasteiger partial charge in [-0.05, 0) is 29.6 Å². The summed E-state index contributed by atoms with van der Waals surface area (Å²) in [6.07, 6.45) is 3.65. The Hall–Kier alpha value is -2.58. The molecule has 0 spiro atoms. The van der Waals surface area contributed by atoms with Crippen LogP contribution in [0, 0.1) is 0 Å². The zero-order valence-electron chi connectivity index (χ0n) is 13.9. The minimum absolute atomic E-state index is 0.918. The second kappa shape index (κ2) is 6.62. The molecule has 0 saturated carbocycles. The Morgan fingerprint density at radius 1 is 0.923 bits per heavy atom. The number of fused-ring (bicyclic) bond motifs is 1. The maximum atomic E-state index is 4.71. The predicted molar refractivity (Wildman–Crippen MR) is 107 cm³/mol. The number of thiazole rings is 1. The molecule has 6 nitrogen and oxygen atoms in total. The van der Waals surface area contributed by atoms with Gasteiger partial charge in [0.2, 0.25) is 0 Å². The molecule has 5 rings (SSSR count). The monoisotopic (exact) mass is 380 g/mol. The highest BCUT2D eigenvalue weighted by atomic mass is 32.1. The van der Waals surface area contributed by atoms with Gasteiger partial charge in [-0.15, -0.1) is 21.5 Å². The van der Waals surface area contributed by atoms with Crippen LogP contribution < -0.4 is 9.80 Å². The first-order valence-corrected chi connectivity index (χ1v) is 10.1. The molecule has 4 aromatic heterocycles. The predicted octanol–water partition coefficient (Wildman–Crippen LogP) is 3.54. The number of pyridine rings is 1. The summed E-state index contributed by atoms with van der Waals surface area (Å²) in [5.74, 6) is 0.943. The topological polar surface area (TPSA) is 58.0 Å². The Kier molecular flexibility index (Phi) is 3.99. The van der Waals surface area contributed by atoms with Crippen LogP contribution in [0.2, 0.25) is 0 Å². The van der Waals surface area contributed by atoms with Crippen LogP contribution in [0.1, 0.15) is 0 Å². The number of nitrogens with zero attached hydrogens (tertiary/aromatic N) is 6. The molecule has 0 bridgehead atoms. The van der Waals surface area contributed by atoms with Crippen LogP contribution in [0.3, 0.4) is 0 Å². The lowest BCUT2D eigenvalue weighted by molar-refractivity contribution is 0.643. The van der Waals surface area contributed by atoms with E-state index in [2.05, 4.69) is 48.6 Å². The van der Waals surface area contributed by atoms with E-state index in [1.807, 2.05) is 24.5 Å². The van der Waals surface area contributed by atoms with Crippen LogP contribution in [0.25, 0.3) is 20.8 Å². The number of thiophene rings is 1. The van der Waals surface area contributed by atoms with Gasteiger partial charge in [-0.25, -0.2) is 4.98 Å². The highest BCUT2D eigenvalue weighted by Crippen LogP contribution is 2.29. The van der Waals surface area contributed by atoms with E-state index in [0.717, 1.165) is 53.2 Å². The number of hydrogen-bond acceptors (Lipinski definition) is 8. The minimum Gasteiger partial charge on any atom is -0.352 e. The van der Waals surface area contributed by atoms with Crippen molar-refractivity contribution in [2.24, 2.45) is 0 Å². The molecule has 26 heavy (non-hydrogen) atoms. The average molecular weight is 381 g/mol. The first-order chi connectivity index (χ1) is 12.9. The Morgan fingerprint density at radius 3 is 2.54 bits per heavy atom. The number of rotatable bonds is 3. The highest BCUT2D eigenvalue weighted by molar-refractivity contribution is 7.22. The fourth-order valence-corrected chi connectivity index (χ4v) is 4.75. The Bertz CT molecular complexity index is 971. The summed E-state index contributed by atoms with van der Waals surface area (Å²) < 4.78 is 1.19. The molecule has 0 amide bonds. The molecular formula is C18H16N6S2. The number of hydrogen-bond donors (Lipinski definition) is 0. The van der Waals surface area contributed by atoms with Gasteiger partial charge < -0.3 is 9.80 Å². The molecule has 4 aromatic rings. The summed E-state index contributed by atoms with van der Waals surface area (Å²) in [4.78, 5) is 14.6. The summed E-state index contributed by atoms with van der Waals surface area (Å²) in [6.45, 7) is 3.70. The fraction of sp³-hybridized carbons (Fsp3) is 0.222. The van der Waals surface area contributed by atoms with Gasteiger partial charge >= 0.3 is 0 Å². The summed E-state index contributed by atoms with van der Waals surface area (Å²) in [7, 11) is 0. The molecule has 0 aliphatic carbocycles. The molecule has 1 saturated heterocycles. The van der Waals surface area contributed by atoms with E-state index in [0.29, 0.717) is 0 Å². The molecular weight excluding hydrogens is 364 g/mol. The molecule has 0 atom stereocenters. The molecule has 0 aromatic carbocycles. The van der Waals surface area contributed by atoms with Crippen LogP contribution in [0.5, 0.6) is 0 Å². The molecule has 0 radical (unpaired) electrons.